The van der Waals surface area contributed by atoms with Crippen LogP contribution in [0, 0.1) is 19.8 Å². The summed E-state index contributed by atoms with van der Waals surface area (Å²) in [5.41, 5.74) is 6.27. The fraction of sp³-hybridized carbons (Fsp3) is 0.375. The van der Waals surface area contributed by atoms with Gasteiger partial charge in [-0.1, -0.05) is 19.1 Å². The largest absolute Gasteiger partial charge is 0.381 e. The van der Waals surface area contributed by atoms with Gasteiger partial charge in [0.1, 0.15) is 0 Å². The molecule has 28 heavy (non-hydrogen) atoms. The van der Waals surface area contributed by atoms with Crippen molar-refractivity contribution >= 4 is 22.3 Å². The molecule has 2 N–H and O–H groups in total. The third-order valence-electron chi connectivity index (χ3n) is 5.89. The summed E-state index contributed by atoms with van der Waals surface area (Å²) in [7, 11) is 0. The van der Waals surface area contributed by atoms with E-state index in [1.807, 2.05) is 13.0 Å². The molecular formula is C24H29N3O. The summed E-state index contributed by atoms with van der Waals surface area (Å²) in [4.78, 5) is 18.0. The molecule has 1 atom stereocenters. The highest BCUT2D eigenvalue weighted by Crippen LogP contribution is 2.25. The Morgan fingerprint density at radius 2 is 1.86 bits per heavy atom. The van der Waals surface area contributed by atoms with E-state index in [-0.39, 0.29) is 5.56 Å². The number of aryl methyl sites for hydroxylation is 2. The van der Waals surface area contributed by atoms with Gasteiger partial charge < -0.3 is 15.2 Å². The Hall–Kier alpha value is -2.75. The molecule has 4 rings (SSSR count). The standard InChI is InChI=1S/C24H29N3O/c1-16-5-4-12-27(15-16)21-10-8-20(9-11-21)25-14-19-13-22-17(2)6-7-18(3)23(22)26-24(19)28/h6-11,13,16,25H,4-5,12,14-15H2,1-3H3,(H,26,28)/t16-/m0/s1. The summed E-state index contributed by atoms with van der Waals surface area (Å²) in [6.45, 7) is 9.23. The van der Waals surface area contributed by atoms with E-state index in [1.165, 1.54) is 24.1 Å². The number of hydrogen-bond donors (Lipinski definition) is 2. The molecule has 0 spiro atoms. The highest BCUT2D eigenvalue weighted by atomic mass is 16.1. The van der Waals surface area contributed by atoms with Gasteiger partial charge in [-0.3, -0.25) is 4.79 Å². The number of fused-ring (bicyclic) bond motifs is 1. The maximum Gasteiger partial charge on any atom is 0.253 e. The number of piperidine rings is 1. The zero-order valence-corrected chi connectivity index (χ0v) is 17.0. The second-order valence-electron chi connectivity index (χ2n) is 8.21. The molecule has 3 aromatic rings. The minimum atomic E-state index is -0.0207. The first-order valence-electron chi connectivity index (χ1n) is 10.2. The van der Waals surface area contributed by atoms with Crippen molar-refractivity contribution in [2.75, 3.05) is 23.3 Å². The fourth-order valence-corrected chi connectivity index (χ4v) is 4.16. The van der Waals surface area contributed by atoms with Gasteiger partial charge in [0.2, 0.25) is 0 Å². The number of rotatable bonds is 4. The smallest absolute Gasteiger partial charge is 0.253 e. The van der Waals surface area contributed by atoms with Crippen LogP contribution in [0.5, 0.6) is 0 Å². The second kappa shape index (κ2) is 7.70. The quantitative estimate of drug-likeness (QED) is 0.675. The highest BCUT2D eigenvalue weighted by molar-refractivity contribution is 5.85. The van der Waals surface area contributed by atoms with E-state index in [2.05, 4.69) is 65.4 Å². The van der Waals surface area contributed by atoms with Crippen LogP contribution in [0.1, 0.15) is 36.5 Å². The predicted molar refractivity (Wildman–Crippen MR) is 118 cm³/mol. The number of aromatic amines is 1. The Balaban J connectivity index is 1.49. The lowest BCUT2D eigenvalue weighted by Crippen LogP contribution is -2.34. The molecule has 0 amide bonds. The van der Waals surface area contributed by atoms with Gasteiger partial charge in [-0.05, 0) is 74.1 Å². The van der Waals surface area contributed by atoms with Gasteiger partial charge in [0.05, 0.1) is 5.52 Å². The van der Waals surface area contributed by atoms with E-state index in [0.29, 0.717) is 6.54 Å². The maximum absolute atomic E-state index is 12.5. The van der Waals surface area contributed by atoms with Crippen LogP contribution in [0.25, 0.3) is 10.9 Å². The van der Waals surface area contributed by atoms with Crippen LogP contribution in [0.2, 0.25) is 0 Å². The van der Waals surface area contributed by atoms with Crippen molar-refractivity contribution in [3.63, 3.8) is 0 Å². The number of benzene rings is 2. The number of H-pyrrole nitrogens is 1. The first-order chi connectivity index (χ1) is 13.5. The maximum atomic E-state index is 12.5. The van der Waals surface area contributed by atoms with Crippen molar-refractivity contribution in [1.82, 2.24) is 4.98 Å². The molecule has 0 saturated carbocycles. The number of pyridine rings is 1. The molecule has 4 heteroatoms. The monoisotopic (exact) mass is 375 g/mol. The van der Waals surface area contributed by atoms with Crippen LogP contribution in [0.3, 0.4) is 0 Å². The second-order valence-corrected chi connectivity index (χ2v) is 8.21. The third kappa shape index (κ3) is 3.77. The Labute approximate surface area is 166 Å². The van der Waals surface area contributed by atoms with Gasteiger partial charge in [-0.15, -0.1) is 0 Å². The van der Waals surface area contributed by atoms with Gasteiger partial charge in [0, 0.05) is 42.0 Å². The molecule has 2 aromatic carbocycles. The molecule has 0 aliphatic carbocycles. The van der Waals surface area contributed by atoms with Gasteiger partial charge in [0.25, 0.3) is 5.56 Å². The Kier molecular flexibility index (Phi) is 5.12. The van der Waals surface area contributed by atoms with Gasteiger partial charge in [0.15, 0.2) is 0 Å². The lowest BCUT2D eigenvalue weighted by atomic mass is 10.00. The lowest BCUT2D eigenvalue weighted by Gasteiger charge is -2.32. The summed E-state index contributed by atoms with van der Waals surface area (Å²) in [5.74, 6) is 0.762. The summed E-state index contributed by atoms with van der Waals surface area (Å²) >= 11 is 0. The Bertz CT molecular complexity index is 1040. The minimum absolute atomic E-state index is 0.0207. The lowest BCUT2D eigenvalue weighted by molar-refractivity contribution is 0.447. The number of nitrogens with one attached hydrogen (secondary N) is 2. The number of anilines is 2. The van der Waals surface area contributed by atoms with E-state index in [1.54, 1.807) is 0 Å². The molecular weight excluding hydrogens is 346 g/mol. The van der Waals surface area contributed by atoms with Crippen LogP contribution in [-0.4, -0.2) is 18.1 Å². The van der Waals surface area contributed by atoms with Crippen molar-refractivity contribution in [3.8, 4) is 0 Å². The Morgan fingerprint density at radius 1 is 1.11 bits per heavy atom. The fourth-order valence-electron chi connectivity index (χ4n) is 4.16. The van der Waals surface area contributed by atoms with E-state index in [4.69, 9.17) is 0 Å². The van der Waals surface area contributed by atoms with Crippen LogP contribution in [-0.2, 0) is 6.54 Å². The summed E-state index contributed by atoms with van der Waals surface area (Å²) in [6, 6.07) is 14.8. The average molecular weight is 376 g/mol. The molecule has 0 unspecified atom stereocenters. The van der Waals surface area contributed by atoms with Gasteiger partial charge in [-0.25, -0.2) is 0 Å². The first kappa shape index (κ1) is 18.6. The molecule has 0 bridgehead atoms. The summed E-state index contributed by atoms with van der Waals surface area (Å²) < 4.78 is 0. The van der Waals surface area contributed by atoms with Gasteiger partial charge in [-0.2, -0.15) is 0 Å². The molecule has 1 fully saturated rings. The summed E-state index contributed by atoms with van der Waals surface area (Å²) in [5, 5.41) is 4.52. The minimum Gasteiger partial charge on any atom is -0.381 e. The predicted octanol–water partition coefficient (Wildman–Crippen LogP) is 4.99. The highest BCUT2D eigenvalue weighted by Gasteiger charge is 2.16. The molecule has 1 saturated heterocycles. The van der Waals surface area contributed by atoms with Crippen molar-refractivity contribution in [2.24, 2.45) is 5.92 Å². The van der Waals surface area contributed by atoms with Crippen LogP contribution >= 0.6 is 0 Å². The van der Waals surface area contributed by atoms with E-state index in [0.717, 1.165) is 46.7 Å². The van der Waals surface area contributed by atoms with E-state index < -0.39 is 0 Å². The van der Waals surface area contributed by atoms with E-state index >= 15 is 0 Å². The zero-order valence-electron chi connectivity index (χ0n) is 17.0. The van der Waals surface area contributed by atoms with E-state index in [9.17, 15) is 4.79 Å². The summed E-state index contributed by atoms with van der Waals surface area (Å²) in [6.07, 6.45) is 2.60. The SMILES string of the molecule is Cc1ccc(C)c2[nH]c(=O)c(CNc3ccc(N4CCC[C@H](C)C4)cc3)cc12. The van der Waals surface area contributed by atoms with Crippen LogP contribution in [0.15, 0.2) is 47.3 Å². The van der Waals surface area contributed by atoms with Crippen molar-refractivity contribution in [1.29, 1.82) is 0 Å². The zero-order chi connectivity index (χ0) is 19.7. The molecule has 0 radical (unpaired) electrons. The molecule has 4 nitrogen and oxygen atoms in total. The molecule has 1 aliphatic heterocycles. The Morgan fingerprint density at radius 3 is 2.61 bits per heavy atom. The topological polar surface area (TPSA) is 48.1 Å². The molecule has 1 aromatic heterocycles. The van der Waals surface area contributed by atoms with Gasteiger partial charge >= 0.3 is 0 Å². The van der Waals surface area contributed by atoms with Crippen LogP contribution in [0.4, 0.5) is 11.4 Å². The van der Waals surface area contributed by atoms with Crippen molar-refractivity contribution in [3.05, 3.63) is 69.5 Å². The molecule has 146 valence electrons. The number of aromatic nitrogens is 1. The first-order valence-corrected chi connectivity index (χ1v) is 10.2. The van der Waals surface area contributed by atoms with Crippen molar-refractivity contribution < 1.29 is 0 Å². The van der Waals surface area contributed by atoms with Crippen molar-refractivity contribution in [2.45, 2.75) is 40.2 Å². The number of hydrogen-bond acceptors (Lipinski definition) is 3. The molecule has 1 aliphatic rings. The number of nitrogens with zero attached hydrogens (tertiary/aromatic N) is 1. The van der Waals surface area contributed by atoms with Crippen LogP contribution < -0.4 is 15.8 Å². The normalized spacial score (nSPS) is 17.1. The third-order valence-corrected chi connectivity index (χ3v) is 5.89. The average Bonchev–Trinajstić information content (AvgIpc) is 2.70. The molecule has 2 heterocycles.